The third-order valence-electron chi connectivity index (χ3n) is 4.53. The van der Waals surface area contributed by atoms with E-state index in [1.165, 1.54) is 17.4 Å². The topological polar surface area (TPSA) is 85.4 Å². The van der Waals surface area contributed by atoms with Gasteiger partial charge in [0.15, 0.2) is 6.61 Å². The highest BCUT2D eigenvalue weighted by Crippen LogP contribution is 2.24. The maximum Gasteiger partial charge on any atom is 0.339 e. The molecule has 0 spiro atoms. The highest BCUT2D eigenvalue weighted by atomic mass is 32.1. The Morgan fingerprint density at radius 3 is 2.50 bits per heavy atom. The van der Waals surface area contributed by atoms with Crippen molar-refractivity contribution in [3.8, 4) is 11.3 Å². The lowest BCUT2D eigenvalue weighted by atomic mass is 10.0. The Morgan fingerprint density at radius 1 is 0.969 bits per heavy atom. The average Bonchev–Trinajstić information content (AvgIpc) is 3.49. The summed E-state index contributed by atoms with van der Waals surface area (Å²) in [6.07, 6.45) is 0. The summed E-state index contributed by atoms with van der Waals surface area (Å²) in [6, 6.07) is 17.2. The Hall–Kier alpha value is -3.62. The number of ether oxygens (including phenoxy) is 1. The SMILES string of the molecule is Cc1nc(-c2cccc(NC(=O)COC(=O)c3ccccc3C(=O)c3cccs3)c2)cs1. The molecule has 1 amide bonds. The molecule has 2 heterocycles. The minimum Gasteiger partial charge on any atom is -0.452 e. The minimum atomic E-state index is -0.729. The van der Waals surface area contributed by atoms with Crippen molar-refractivity contribution >= 4 is 46.0 Å². The summed E-state index contributed by atoms with van der Waals surface area (Å²) in [5.74, 6) is -1.47. The molecule has 0 bridgehead atoms. The maximum atomic E-state index is 12.7. The van der Waals surface area contributed by atoms with Crippen LogP contribution in [0.1, 0.15) is 30.6 Å². The number of nitrogens with zero attached hydrogens (tertiary/aromatic N) is 1. The molecule has 2 aromatic heterocycles. The van der Waals surface area contributed by atoms with Crippen molar-refractivity contribution in [2.45, 2.75) is 6.92 Å². The highest BCUT2D eigenvalue weighted by molar-refractivity contribution is 7.12. The minimum absolute atomic E-state index is 0.125. The number of thiophene rings is 1. The fourth-order valence-electron chi connectivity index (χ4n) is 3.06. The van der Waals surface area contributed by atoms with E-state index in [4.69, 9.17) is 4.74 Å². The van der Waals surface area contributed by atoms with Crippen LogP contribution in [-0.2, 0) is 9.53 Å². The lowest BCUT2D eigenvalue weighted by Gasteiger charge is -2.09. The molecular formula is C24H18N2O4S2. The van der Waals surface area contributed by atoms with Gasteiger partial charge in [0.05, 0.1) is 21.1 Å². The van der Waals surface area contributed by atoms with Gasteiger partial charge in [-0.2, -0.15) is 0 Å². The molecule has 0 aliphatic carbocycles. The first-order valence-corrected chi connectivity index (χ1v) is 11.4. The molecule has 4 rings (SSSR count). The fraction of sp³-hybridized carbons (Fsp3) is 0.0833. The fourth-order valence-corrected chi connectivity index (χ4v) is 4.36. The highest BCUT2D eigenvalue weighted by Gasteiger charge is 2.20. The Morgan fingerprint density at radius 2 is 1.78 bits per heavy atom. The Balaban J connectivity index is 1.40. The van der Waals surface area contributed by atoms with Crippen LogP contribution in [0.15, 0.2) is 71.4 Å². The zero-order chi connectivity index (χ0) is 22.5. The van der Waals surface area contributed by atoms with Gasteiger partial charge in [-0.1, -0.05) is 36.4 Å². The molecule has 0 saturated heterocycles. The largest absolute Gasteiger partial charge is 0.452 e. The number of rotatable bonds is 7. The van der Waals surface area contributed by atoms with Crippen LogP contribution in [0, 0.1) is 6.92 Å². The number of aryl methyl sites for hydroxylation is 1. The standard InChI is InChI=1S/C24H18N2O4S2/c1-15-25-20(14-32-15)16-6-4-7-17(12-16)26-22(27)13-30-24(29)19-9-3-2-8-18(19)23(28)21-10-5-11-31-21/h2-12,14H,13H2,1H3,(H,26,27). The number of carbonyl (C=O) groups excluding carboxylic acids is 3. The number of aromatic nitrogens is 1. The molecule has 0 aliphatic rings. The Labute approximate surface area is 192 Å². The molecule has 0 saturated carbocycles. The number of carbonyl (C=O) groups is 3. The van der Waals surface area contributed by atoms with Crippen molar-refractivity contribution in [1.82, 2.24) is 4.98 Å². The first kappa shape index (κ1) is 21.6. The number of anilines is 1. The maximum absolute atomic E-state index is 12.7. The third kappa shape index (κ3) is 4.99. The second kappa shape index (κ2) is 9.67. The van der Waals surface area contributed by atoms with Gasteiger partial charge in [-0.25, -0.2) is 9.78 Å². The quantitative estimate of drug-likeness (QED) is 0.301. The molecule has 0 atom stereocenters. The van der Waals surface area contributed by atoms with E-state index in [2.05, 4.69) is 10.3 Å². The normalized spacial score (nSPS) is 10.5. The van der Waals surface area contributed by atoms with Gasteiger partial charge in [0.25, 0.3) is 5.91 Å². The molecule has 0 fully saturated rings. The summed E-state index contributed by atoms with van der Waals surface area (Å²) in [7, 11) is 0. The van der Waals surface area contributed by atoms with Crippen molar-refractivity contribution in [1.29, 1.82) is 0 Å². The predicted molar refractivity (Wildman–Crippen MR) is 125 cm³/mol. The molecule has 0 aliphatic heterocycles. The van der Waals surface area contributed by atoms with Crippen LogP contribution in [0.25, 0.3) is 11.3 Å². The van der Waals surface area contributed by atoms with E-state index < -0.39 is 18.5 Å². The van der Waals surface area contributed by atoms with E-state index in [1.807, 2.05) is 30.5 Å². The number of thiazole rings is 1. The van der Waals surface area contributed by atoms with Crippen molar-refractivity contribution < 1.29 is 19.1 Å². The summed E-state index contributed by atoms with van der Waals surface area (Å²) in [5.41, 5.74) is 2.65. The summed E-state index contributed by atoms with van der Waals surface area (Å²) in [4.78, 5) is 42.6. The van der Waals surface area contributed by atoms with Gasteiger partial charge in [0.2, 0.25) is 5.78 Å². The number of ketones is 1. The van der Waals surface area contributed by atoms with E-state index in [-0.39, 0.29) is 16.9 Å². The second-order valence-electron chi connectivity index (χ2n) is 6.81. The van der Waals surface area contributed by atoms with E-state index >= 15 is 0 Å². The van der Waals surface area contributed by atoms with Gasteiger partial charge in [0.1, 0.15) is 0 Å². The van der Waals surface area contributed by atoms with E-state index in [9.17, 15) is 14.4 Å². The van der Waals surface area contributed by atoms with Crippen LogP contribution in [0.4, 0.5) is 5.69 Å². The smallest absolute Gasteiger partial charge is 0.339 e. The zero-order valence-electron chi connectivity index (χ0n) is 17.0. The summed E-state index contributed by atoms with van der Waals surface area (Å²) in [6.45, 7) is 1.46. The number of hydrogen-bond donors (Lipinski definition) is 1. The van der Waals surface area contributed by atoms with Gasteiger partial charge < -0.3 is 10.1 Å². The van der Waals surface area contributed by atoms with Crippen molar-refractivity contribution in [2.24, 2.45) is 0 Å². The molecule has 0 radical (unpaired) electrons. The van der Waals surface area contributed by atoms with Gasteiger partial charge in [0, 0.05) is 22.2 Å². The molecule has 0 unspecified atom stereocenters. The first-order chi connectivity index (χ1) is 15.5. The van der Waals surface area contributed by atoms with Crippen LogP contribution in [-0.4, -0.2) is 29.3 Å². The summed E-state index contributed by atoms with van der Waals surface area (Å²) < 4.78 is 5.18. The predicted octanol–water partition coefficient (Wildman–Crippen LogP) is 5.21. The van der Waals surface area contributed by atoms with E-state index in [0.717, 1.165) is 16.3 Å². The van der Waals surface area contributed by atoms with Crippen LogP contribution < -0.4 is 5.32 Å². The van der Waals surface area contributed by atoms with E-state index in [0.29, 0.717) is 10.6 Å². The Kier molecular flexibility index (Phi) is 6.53. The lowest BCUT2D eigenvalue weighted by molar-refractivity contribution is -0.119. The summed E-state index contributed by atoms with van der Waals surface area (Å²) >= 11 is 2.85. The van der Waals surface area contributed by atoms with Crippen LogP contribution in [0.2, 0.25) is 0 Å². The molecule has 1 N–H and O–H groups in total. The Bertz CT molecular complexity index is 1280. The molecular weight excluding hydrogens is 444 g/mol. The molecule has 32 heavy (non-hydrogen) atoms. The number of amides is 1. The molecule has 6 nitrogen and oxygen atoms in total. The zero-order valence-corrected chi connectivity index (χ0v) is 18.7. The second-order valence-corrected chi connectivity index (χ2v) is 8.82. The molecule has 4 aromatic rings. The first-order valence-electron chi connectivity index (χ1n) is 9.68. The number of hydrogen-bond acceptors (Lipinski definition) is 7. The van der Waals surface area contributed by atoms with Crippen molar-refractivity contribution in [3.63, 3.8) is 0 Å². The number of esters is 1. The number of benzene rings is 2. The van der Waals surface area contributed by atoms with Crippen molar-refractivity contribution in [3.05, 3.63) is 92.4 Å². The van der Waals surface area contributed by atoms with Crippen molar-refractivity contribution in [2.75, 3.05) is 11.9 Å². The van der Waals surface area contributed by atoms with Gasteiger partial charge in [-0.3, -0.25) is 9.59 Å². The molecule has 160 valence electrons. The van der Waals surface area contributed by atoms with E-state index in [1.54, 1.807) is 53.1 Å². The van der Waals surface area contributed by atoms with Crippen LogP contribution >= 0.6 is 22.7 Å². The van der Waals surface area contributed by atoms with Gasteiger partial charge in [-0.05, 0) is 36.6 Å². The molecule has 8 heteroatoms. The third-order valence-corrected chi connectivity index (χ3v) is 6.17. The lowest BCUT2D eigenvalue weighted by Crippen LogP contribution is -2.22. The number of nitrogens with one attached hydrogen (secondary N) is 1. The van der Waals surface area contributed by atoms with Crippen LogP contribution in [0.5, 0.6) is 0 Å². The monoisotopic (exact) mass is 462 g/mol. The molecule has 2 aromatic carbocycles. The summed E-state index contributed by atoms with van der Waals surface area (Å²) in [5, 5.41) is 7.42. The average molecular weight is 463 g/mol. The van der Waals surface area contributed by atoms with Gasteiger partial charge in [-0.15, -0.1) is 22.7 Å². The van der Waals surface area contributed by atoms with Crippen LogP contribution in [0.3, 0.4) is 0 Å². The van der Waals surface area contributed by atoms with Gasteiger partial charge >= 0.3 is 5.97 Å².